The number of benzene rings is 1. The summed E-state index contributed by atoms with van der Waals surface area (Å²) in [6.07, 6.45) is 1.45. The van der Waals surface area contributed by atoms with Crippen LogP contribution in [0.3, 0.4) is 0 Å². The van der Waals surface area contributed by atoms with E-state index in [1.807, 2.05) is 0 Å². The molecule has 0 amide bonds. The molecule has 8 nitrogen and oxygen atoms in total. The Morgan fingerprint density at radius 3 is 3.05 bits per heavy atom. The van der Waals surface area contributed by atoms with Crippen molar-refractivity contribution < 1.29 is 14.1 Å². The number of ether oxygens (including phenoxy) is 1. The van der Waals surface area contributed by atoms with Crippen molar-refractivity contribution in [2.45, 2.75) is 6.54 Å². The van der Waals surface area contributed by atoms with Crippen molar-refractivity contribution in [3.8, 4) is 5.69 Å². The van der Waals surface area contributed by atoms with Crippen LogP contribution in [0.25, 0.3) is 5.69 Å². The summed E-state index contributed by atoms with van der Waals surface area (Å²) in [5.41, 5.74) is -0.0411. The molecule has 0 spiro atoms. The third-order valence-electron chi connectivity index (χ3n) is 2.72. The Morgan fingerprint density at radius 1 is 1.52 bits per heavy atom. The molecule has 1 aromatic heterocycles. The molecule has 0 saturated heterocycles. The molecule has 1 heterocycles. The first kappa shape index (κ1) is 15.0. The zero-order valence-corrected chi connectivity index (χ0v) is 11.3. The summed E-state index contributed by atoms with van der Waals surface area (Å²) < 4.78 is 19.8. The van der Waals surface area contributed by atoms with Crippen molar-refractivity contribution >= 4 is 5.69 Å². The lowest BCUT2D eigenvalue weighted by atomic mass is 10.2. The van der Waals surface area contributed by atoms with Crippen molar-refractivity contribution in [2.24, 2.45) is 0 Å². The monoisotopic (exact) mass is 295 g/mol. The van der Waals surface area contributed by atoms with Gasteiger partial charge in [-0.2, -0.15) is 0 Å². The largest absolute Gasteiger partial charge is 0.383 e. The lowest BCUT2D eigenvalue weighted by molar-refractivity contribution is -0.384. The second kappa shape index (κ2) is 6.86. The number of hydrogen-bond donors (Lipinski definition) is 1. The first-order valence-electron chi connectivity index (χ1n) is 6.17. The second-order valence-corrected chi connectivity index (χ2v) is 4.19. The van der Waals surface area contributed by atoms with E-state index in [0.717, 1.165) is 10.7 Å². The number of methoxy groups -OCH3 is 1. The van der Waals surface area contributed by atoms with Gasteiger partial charge in [0.15, 0.2) is 11.5 Å². The second-order valence-electron chi connectivity index (χ2n) is 4.19. The summed E-state index contributed by atoms with van der Waals surface area (Å²) in [4.78, 5) is 10.3. The van der Waals surface area contributed by atoms with E-state index in [2.05, 4.69) is 15.6 Å². The lowest BCUT2D eigenvalue weighted by Crippen LogP contribution is -2.18. The highest BCUT2D eigenvalue weighted by molar-refractivity contribution is 5.52. The van der Waals surface area contributed by atoms with Gasteiger partial charge < -0.3 is 10.1 Å². The average molecular weight is 295 g/mol. The number of nitro groups is 1. The molecule has 0 aliphatic carbocycles. The van der Waals surface area contributed by atoms with Crippen LogP contribution in [0.1, 0.15) is 5.69 Å². The highest BCUT2D eigenvalue weighted by atomic mass is 19.1. The van der Waals surface area contributed by atoms with Crippen LogP contribution in [0.15, 0.2) is 24.4 Å². The first-order valence-corrected chi connectivity index (χ1v) is 6.17. The van der Waals surface area contributed by atoms with Gasteiger partial charge in [0.25, 0.3) is 5.69 Å². The van der Waals surface area contributed by atoms with Crippen molar-refractivity contribution in [3.63, 3.8) is 0 Å². The summed E-state index contributed by atoms with van der Waals surface area (Å²) >= 11 is 0. The van der Waals surface area contributed by atoms with Crippen molar-refractivity contribution in [3.05, 3.63) is 46.0 Å². The van der Waals surface area contributed by atoms with Crippen LogP contribution in [0.5, 0.6) is 0 Å². The van der Waals surface area contributed by atoms with E-state index < -0.39 is 10.7 Å². The van der Waals surface area contributed by atoms with Gasteiger partial charge in [-0.3, -0.25) is 10.1 Å². The lowest BCUT2D eigenvalue weighted by Gasteiger charge is -2.03. The van der Waals surface area contributed by atoms with Gasteiger partial charge in [-0.15, -0.1) is 5.10 Å². The molecule has 0 saturated carbocycles. The molecule has 0 atom stereocenters. The molecule has 2 rings (SSSR count). The standard InChI is InChI=1S/C12H14FN5O3/c1-21-6-5-14-7-9-8-17(16-15-9)12-10(13)3-2-4-11(12)18(19)20/h2-4,8,14H,5-7H2,1H3. The minimum Gasteiger partial charge on any atom is -0.383 e. The summed E-state index contributed by atoms with van der Waals surface area (Å²) in [5, 5.41) is 21.6. The number of nitro benzene ring substituents is 1. The number of halogens is 1. The van der Waals surface area contributed by atoms with Crippen LogP contribution in [-0.4, -0.2) is 40.2 Å². The van der Waals surface area contributed by atoms with Crippen LogP contribution in [0, 0.1) is 15.9 Å². The van der Waals surface area contributed by atoms with E-state index >= 15 is 0 Å². The van der Waals surface area contributed by atoms with E-state index in [4.69, 9.17) is 4.74 Å². The van der Waals surface area contributed by atoms with Crippen LogP contribution < -0.4 is 5.32 Å². The van der Waals surface area contributed by atoms with Crippen molar-refractivity contribution in [2.75, 3.05) is 20.3 Å². The summed E-state index contributed by atoms with van der Waals surface area (Å²) in [7, 11) is 1.59. The minimum absolute atomic E-state index is 0.224. The van der Waals surface area contributed by atoms with Gasteiger partial charge in [0.1, 0.15) is 0 Å². The quantitative estimate of drug-likeness (QED) is 0.466. The molecule has 21 heavy (non-hydrogen) atoms. The van der Waals surface area contributed by atoms with Gasteiger partial charge in [0, 0.05) is 26.3 Å². The molecule has 1 aromatic carbocycles. The van der Waals surface area contributed by atoms with E-state index in [1.165, 1.54) is 18.3 Å². The minimum atomic E-state index is -0.729. The van der Waals surface area contributed by atoms with Crippen LogP contribution in [-0.2, 0) is 11.3 Å². The van der Waals surface area contributed by atoms with Gasteiger partial charge in [-0.1, -0.05) is 11.3 Å². The number of hydrogen-bond acceptors (Lipinski definition) is 6. The third kappa shape index (κ3) is 3.58. The van der Waals surface area contributed by atoms with Crippen LogP contribution in [0.2, 0.25) is 0 Å². The Labute approximate surface area is 119 Å². The highest BCUT2D eigenvalue weighted by Gasteiger charge is 2.20. The molecule has 0 bridgehead atoms. The Bertz CT molecular complexity index is 631. The molecule has 0 fully saturated rings. The van der Waals surface area contributed by atoms with Crippen molar-refractivity contribution in [1.29, 1.82) is 0 Å². The predicted molar refractivity (Wildman–Crippen MR) is 71.6 cm³/mol. The first-order chi connectivity index (χ1) is 10.1. The molecule has 1 N–H and O–H groups in total. The van der Waals surface area contributed by atoms with E-state index in [9.17, 15) is 14.5 Å². The molecule has 112 valence electrons. The third-order valence-corrected chi connectivity index (χ3v) is 2.72. The number of para-hydroxylation sites is 1. The Hall–Kier alpha value is -2.39. The normalized spacial score (nSPS) is 10.8. The number of nitrogens with one attached hydrogen (secondary N) is 1. The number of rotatable bonds is 7. The fourth-order valence-electron chi connectivity index (χ4n) is 1.76. The van der Waals surface area contributed by atoms with Crippen molar-refractivity contribution in [1.82, 2.24) is 20.3 Å². The molecule has 0 radical (unpaired) electrons. The van der Waals surface area contributed by atoms with Gasteiger partial charge in [-0.05, 0) is 6.07 Å². The van der Waals surface area contributed by atoms with Crippen LogP contribution in [0.4, 0.5) is 10.1 Å². The van der Waals surface area contributed by atoms with Gasteiger partial charge in [0.05, 0.1) is 23.4 Å². The van der Waals surface area contributed by atoms with Crippen LogP contribution >= 0.6 is 0 Å². The maximum atomic E-state index is 13.8. The highest BCUT2D eigenvalue weighted by Crippen LogP contribution is 2.24. The summed E-state index contributed by atoms with van der Waals surface area (Å²) in [5.74, 6) is -0.729. The fourth-order valence-corrected chi connectivity index (χ4v) is 1.76. The number of nitrogens with zero attached hydrogens (tertiary/aromatic N) is 4. The Balaban J connectivity index is 2.20. The average Bonchev–Trinajstić information content (AvgIpc) is 2.91. The smallest absolute Gasteiger partial charge is 0.297 e. The summed E-state index contributed by atoms with van der Waals surface area (Å²) in [6.45, 7) is 1.59. The zero-order valence-electron chi connectivity index (χ0n) is 11.3. The zero-order chi connectivity index (χ0) is 15.2. The topological polar surface area (TPSA) is 95.1 Å². The molecule has 2 aromatic rings. The van der Waals surface area contributed by atoms with E-state index in [1.54, 1.807) is 7.11 Å². The van der Waals surface area contributed by atoms with Gasteiger partial charge >= 0.3 is 0 Å². The fraction of sp³-hybridized carbons (Fsp3) is 0.333. The maximum Gasteiger partial charge on any atom is 0.297 e. The molecule has 0 aliphatic heterocycles. The predicted octanol–water partition coefficient (Wildman–Crippen LogP) is 1.05. The molecular weight excluding hydrogens is 281 g/mol. The van der Waals surface area contributed by atoms with E-state index in [0.29, 0.717) is 25.4 Å². The summed E-state index contributed by atoms with van der Waals surface area (Å²) in [6, 6.07) is 3.64. The molecule has 9 heteroatoms. The Morgan fingerprint density at radius 2 is 2.33 bits per heavy atom. The SMILES string of the molecule is COCCNCc1cn(-c2c(F)cccc2[N+](=O)[O-])nn1. The van der Waals surface area contributed by atoms with Gasteiger partial charge in [-0.25, -0.2) is 9.07 Å². The molecule has 0 unspecified atom stereocenters. The molecular formula is C12H14FN5O3. The van der Waals surface area contributed by atoms with E-state index in [-0.39, 0.29) is 11.4 Å². The maximum absolute atomic E-state index is 13.8. The van der Waals surface area contributed by atoms with Gasteiger partial charge in [0.2, 0.25) is 0 Å². The Kier molecular flexibility index (Phi) is 4.90. The molecule has 0 aliphatic rings. The number of aromatic nitrogens is 3.